The van der Waals surface area contributed by atoms with E-state index in [1.54, 1.807) is 5.38 Å². The molecule has 5 heteroatoms. The van der Waals surface area contributed by atoms with Gasteiger partial charge in [-0.2, -0.15) is 0 Å². The van der Waals surface area contributed by atoms with E-state index in [0.29, 0.717) is 19.0 Å². The number of para-hydroxylation sites is 1. The maximum Gasteiger partial charge on any atom is 0.346 e. The van der Waals surface area contributed by atoms with E-state index in [9.17, 15) is 4.79 Å². The van der Waals surface area contributed by atoms with Crippen LogP contribution in [0.15, 0.2) is 41.8 Å². The van der Waals surface area contributed by atoms with Gasteiger partial charge in [-0.15, -0.1) is 11.3 Å². The van der Waals surface area contributed by atoms with Gasteiger partial charge in [0.2, 0.25) is 0 Å². The van der Waals surface area contributed by atoms with E-state index < -0.39 is 5.97 Å². The predicted molar refractivity (Wildman–Crippen MR) is 73.3 cm³/mol. The second-order valence-electron chi connectivity index (χ2n) is 3.82. The van der Waals surface area contributed by atoms with Crippen molar-refractivity contribution in [1.29, 1.82) is 0 Å². The first kappa shape index (κ1) is 13.4. The lowest BCUT2D eigenvalue weighted by Gasteiger charge is -2.06. The molecule has 1 aromatic carbocycles. The van der Waals surface area contributed by atoms with Crippen molar-refractivity contribution >= 4 is 17.3 Å². The van der Waals surface area contributed by atoms with Crippen LogP contribution >= 0.6 is 11.3 Å². The van der Waals surface area contributed by atoms with Crippen molar-refractivity contribution in [3.8, 4) is 11.5 Å². The molecule has 19 heavy (non-hydrogen) atoms. The fraction of sp³-hybridized carbons (Fsp3) is 0.214. The molecule has 0 aliphatic rings. The smallest absolute Gasteiger partial charge is 0.346 e. The molecule has 0 aliphatic heterocycles. The molecule has 1 heterocycles. The van der Waals surface area contributed by atoms with Crippen molar-refractivity contribution in [2.24, 2.45) is 0 Å². The topological polar surface area (TPSA) is 55.8 Å². The summed E-state index contributed by atoms with van der Waals surface area (Å²) >= 11 is 1.16. The monoisotopic (exact) mass is 278 g/mol. The fourth-order valence-electron chi connectivity index (χ4n) is 1.46. The number of carboxylic acids is 1. The van der Waals surface area contributed by atoms with Crippen LogP contribution < -0.4 is 9.47 Å². The third-order valence-corrected chi connectivity index (χ3v) is 3.25. The van der Waals surface area contributed by atoms with Gasteiger partial charge in [-0.25, -0.2) is 4.79 Å². The molecule has 0 aliphatic carbocycles. The van der Waals surface area contributed by atoms with Gasteiger partial charge in [0.05, 0.1) is 13.2 Å². The van der Waals surface area contributed by atoms with Crippen LogP contribution in [0.4, 0.5) is 0 Å². The van der Waals surface area contributed by atoms with E-state index >= 15 is 0 Å². The number of aromatic carboxylic acids is 1. The number of rotatable bonds is 7. The summed E-state index contributed by atoms with van der Waals surface area (Å²) in [6, 6.07) is 11.1. The van der Waals surface area contributed by atoms with E-state index in [-0.39, 0.29) is 4.88 Å². The van der Waals surface area contributed by atoms with Crippen molar-refractivity contribution in [2.75, 3.05) is 13.2 Å². The summed E-state index contributed by atoms with van der Waals surface area (Å²) in [5, 5.41) is 10.5. The quantitative estimate of drug-likeness (QED) is 0.790. The lowest BCUT2D eigenvalue weighted by Crippen LogP contribution is -2.04. The summed E-state index contributed by atoms with van der Waals surface area (Å²) in [4.78, 5) is 11.0. The maximum atomic E-state index is 10.7. The molecule has 0 unspecified atom stereocenters. The zero-order chi connectivity index (χ0) is 13.5. The largest absolute Gasteiger partial charge is 0.493 e. The Balaban J connectivity index is 1.65. The molecule has 0 fully saturated rings. The third kappa shape index (κ3) is 4.30. The highest BCUT2D eigenvalue weighted by Crippen LogP contribution is 2.21. The molecule has 0 saturated carbocycles. The molecule has 0 amide bonds. The van der Waals surface area contributed by atoms with Gasteiger partial charge in [0.25, 0.3) is 0 Å². The Morgan fingerprint density at radius 1 is 1.11 bits per heavy atom. The molecule has 2 rings (SSSR count). The number of hydrogen-bond acceptors (Lipinski definition) is 4. The van der Waals surface area contributed by atoms with E-state index in [0.717, 1.165) is 23.5 Å². The third-order valence-electron chi connectivity index (χ3n) is 2.36. The highest BCUT2D eigenvalue weighted by molar-refractivity contribution is 7.12. The van der Waals surface area contributed by atoms with Crippen molar-refractivity contribution in [2.45, 2.75) is 6.42 Å². The van der Waals surface area contributed by atoms with Crippen LogP contribution in [0.1, 0.15) is 16.1 Å². The SMILES string of the molecule is O=C(O)c1cc(OCCCOc2ccccc2)cs1. The first-order valence-corrected chi connectivity index (χ1v) is 6.76. The highest BCUT2D eigenvalue weighted by Gasteiger charge is 2.07. The first-order valence-electron chi connectivity index (χ1n) is 5.88. The zero-order valence-electron chi connectivity index (χ0n) is 10.2. The van der Waals surface area contributed by atoms with Crippen molar-refractivity contribution in [3.63, 3.8) is 0 Å². The van der Waals surface area contributed by atoms with E-state index in [2.05, 4.69) is 0 Å². The number of hydrogen-bond donors (Lipinski definition) is 1. The lowest BCUT2D eigenvalue weighted by molar-refractivity contribution is 0.0702. The molecule has 100 valence electrons. The summed E-state index contributed by atoms with van der Waals surface area (Å²) in [6.45, 7) is 1.07. The fourth-order valence-corrected chi connectivity index (χ4v) is 2.13. The normalized spacial score (nSPS) is 10.1. The molecule has 0 radical (unpaired) electrons. The van der Waals surface area contributed by atoms with Gasteiger partial charge < -0.3 is 14.6 Å². The number of benzene rings is 1. The van der Waals surface area contributed by atoms with Crippen LogP contribution in [0.5, 0.6) is 11.5 Å². The second-order valence-corrected chi connectivity index (χ2v) is 4.73. The maximum absolute atomic E-state index is 10.7. The Bertz CT molecular complexity index is 521. The molecule has 1 aromatic heterocycles. The highest BCUT2D eigenvalue weighted by atomic mass is 32.1. The summed E-state index contributed by atoms with van der Waals surface area (Å²) in [6.07, 6.45) is 0.743. The van der Waals surface area contributed by atoms with Gasteiger partial charge in [0.1, 0.15) is 16.4 Å². The van der Waals surface area contributed by atoms with Gasteiger partial charge >= 0.3 is 5.97 Å². The summed E-state index contributed by atoms with van der Waals surface area (Å²) in [7, 11) is 0. The molecule has 1 N–H and O–H groups in total. The Morgan fingerprint density at radius 3 is 2.42 bits per heavy atom. The summed E-state index contributed by atoms with van der Waals surface area (Å²) in [5.41, 5.74) is 0. The predicted octanol–water partition coefficient (Wildman–Crippen LogP) is 3.29. The van der Waals surface area contributed by atoms with Gasteiger partial charge in [0, 0.05) is 17.9 Å². The Morgan fingerprint density at radius 2 is 1.79 bits per heavy atom. The average Bonchev–Trinajstić information content (AvgIpc) is 2.89. The van der Waals surface area contributed by atoms with Gasteiger partial charge in [-0.3, -0.25) is 0 Å². The minimum Gasteiger partial charge on any atom is -0.493 e. The molecular formula is C14H14O4S. The molecular weight excluding hydrogens is 264 g/mol. The van der Waals surface area contributed by atoms with Crippen LogP contribution in [0.25, 0.3) is 0 Å². The van der Waals surface area contributed by atoms with E-state index in [1.807, 2.05) is 30.3 Å². The molecule has 0 spiro atoms. The van der Waals surface area contributed by atoms with Crippen molar-refractivity contribution in [1.82, 2.24) is 0 Å². The van der Waals surface area contributed by atoms with Crippen LogP contribution in [0.2, 0.25) is 0 Å². The minimum atomic E-state index is -0.924. The molecule has 0 bridgehead atoms. The number of ether oxygens (including phenoxy) is 2. The van der Waals surface area contributed by atoms with Crippen molar-refractivity contribution in [3.05, 3.63) is 46.7 Å². The molecule has 0 saturated heterocycles. The second kappa shape index (κ2) is 6.80. The van der Waals surface area contributed by atoms with Crippen LogP contribution in [0, 0.1) is 0 Å². The number of carboxylic acid groups (broad SMARTS) is 1. The molecule has 4 nitrogen and oxygen atoms in total. The minimum absolute atomic E-state index is 0.288. The standard InChI is InChI=1S/C14H14O4S/c15-14(16)13-9-12(10-19-13)18-8-4-7-17-11-5-2-1-3-6-11/h1-3,5-6,9-10H,4,7-8H2,(H,15,16). The van der Waals surface area contributed by atoms with E-state index in [4.69, 9.17) is 14.6 Å². The van der Waals surface area contributed by atoms with Gasteiger partial charge in [0.15, 0.2) is 0 Å². The number of carbonyl (C=O) groups is 1. The summed E-state index contributed by atoms with van der Waals surface area (Å²) in [5.74, 6) is 0.514. The van der Waals surface area contributed by atoms with Gasteiger partial charge in [-0.05, 0) is 12.1 Å². The Kier molecular flexibility index (Phi) is 4.80. The van der Waals surface area contributed by atoms with Gasteiger partial charge in [-0.1, -0.05) is 18.2 Å². The molecule has 0 atom stereocenters. The lowest BCUT2D eigenvalue weighted by atomic mass is 10.3. The van der Waals surface area contributed by atoms with Crippen LogP contribution in [-0.2, 0) is 0 Å². The number of thiophene rings is 1. The first-order chi connectivity index (χ1) is 9.25. The van der Waals surface area contributed by atoms with Crippen LogP contribution in [-0.4, -0.2) is 24.3 Å². The Labute approximate surface area is 115 Å². The average molecular weight is 278 g/mol. The summed E-state index contributed by atoms with van der Waals surface area (Å²) < 4.78 is 11.0. The molecule has 2 aromatic rings. The van der Waals surface area contributed by atoms with Crippen molar-refractivity contribution < 1.29 is 19.4 Å². The van der Waals surface area contributed by atoms with E-state index in [1.165, 1.54) is 6.07 Å². The van der Waals surface area contributed by atoms with Crippen LogP contribution in [0.3, 0.4) is 0 Å². The Hall–Kier alpha value is -2.01. The zero-order valence-corrected chi connectivity index (χ0v) is 11.1.